The number of hydrogen-bond donors (Lipinski definition) is 1. The van der Waals surface area contributed by atoms with E-state index in [9.17, 15) is 8.42 Å². The Bertz CT molecular complexity index is 521. The fourth-order valence-corrected chi connectivity index (χ4v) is 4.13. The normalized spacial score (nSPS) is 15.8. The van der Waals surface area contributed by atoms with Crippen molar-refractivity contribution >= 4 is 10.0 Å². The third-order valence-corrected chi connectivity index (χ3v) is 5.56. The first-order valence-electron chi connectivity index (χ1n) is 7.40. The SMILES string of the molecule is CCCN(C1CC1)S(=O)(=O)c1ccc(CCCN)cc1. The first kappa shape index (κ1) is 15.5. The number of nitrogens with two attached hydrogens (primary N) is 1. The van der Waals surface area contributed by atoms with Crippen molar-refractivity contribution in [3.63, 3.8) is 0 Å². The molecule has 112 valence electrons. The minimum absolute atomic E-state index is 0.219. The zero-order valence-electron chi connectivity index (χ0n) is 12.1. The highest BCUT2D eigenvalue weighted by atomic mass is 32.2. The molecule has 0 aromatic heterocycles. The lowest BCUT2D eigenvalue weighted by molar-refractivity contribution is 0.403. The van der Waals surface area contributed by atoms with Gasteiger partial charge in [0.25, 0.3) is 0 Å². The van der Waals surface area contributed by atoms with Crippen LogP contribution < -0.4 is 5.73 Å². The van der Waals surface area contributed by atoms with Crippen LogP contribution in [0.3, 0.4) is 0 Å². The Hall–Kier alpha value is -0.910. The van der Waals surface area contributed by atoms with E-state index < -0.39 is 10.0 Å². The fraction of sp³-hybridized carbons (Fsp3) is 0.600. The Morgan fingerprint density at radius 2 is 1.90 bits per heavy atom. The molecule has 20 heavy (non-hydrogen) atoms. The molecule has 0 radical (unpaired) electrons. The lowest BCUT2D eigenvalue weighted by Crippen LogP contribution is -2.33. The summed E-state index contributed by atoms with van der Waals surface area (Å²) < 4.78 is 26.9. The molecule has 1 aromatic rings. The molecular formula is C15H24N2O2S. The van der Waals surface area contributed by atoms with Gasteiger partial charge in [-0.05, 0) is 56.3 Å². The van der Waals surface area contributed by atoms with Crippen LogP contribution in [0.5, 0.6) is 0 Å². The van der Waals surface area contributed by atoms with Crippen LogP contribution in [-0.2, 0) is 16.4 Å². The van der Waals surface area contributed by atoms with Crippen molar-refractivity contribution in [3.8, 4) is 0 Å². The molecule has 2 rings (SSSR count). The van der Waals surface area contributed by atoms with Crippen molar-refractivity contribution in [2.24, 2.45) is 5.73 Å². The summed E-state index contributed by atoms with van der Waals surface area (Å²) in [6, 6.07) is 7.48. The number of rotatable bonds is 8. The zero-order valence-corrected chi connectivity index (χ0v) is 12.9. The number of aryl methyl sites for hydroxylation is 1. The highest BCUT2D eigenvalue weighted by Gasteiger charge is 2.37. The number of benzene rings is 1. The van der Waals surface area contributed by atoms with Gasteiger partial charge in [-0.2, -0.15) is 4.31 Å². The van der Waals surface area contributed by atoms with Crippen molar-refractivity contribution < 1.29 is 8.42 Å². The highest BCUT2D eigenvalue weighted by Crippen LogP contribution is 2.32. The monoisotopic (exact) mass is 296 g/mol. The summed E-state index contributed by atoms with van der Waals surface area (Å²) in [7, 11) is -3.33. The molecule has 0 unspecified atom stereocenters. The third-order valence-electron chi connectivity index (χ3n) is 3.60. The summed E-state index contributed by atoms with van der Waals surface area (Å²) >= 11 is 0. The molecule has 2 N–H and O–H groups in total. The maximum Gasteiger partial charge on any atom is 0.243 e. The molecule has 0 saturated heterocycles. The lowest BCUT2D eigenvalue weighted by atomic mass is 10.1. The van der Waals surface area contributed by atoms with Crippen LogP contribution in [-0.4, -0.2) is 31.9 Å². The molecule has 0 spiro atoms. The van der Waals surface area contributed by atoms with Crippen LogP contribution in [0.1, 0.15) is 38.2 Å². The van der Waals surface area contributed by atoms with E-state index in [4.69, 9.17) is 5.73 Å². The number of sulfonamides is 1. The molecule has 0 bridgehead atoms. The topological polar surface area (TPSA) is 63.4 Å². The second kappa shape index (κ2) is 6.70. The summed E-state index contributed by atoms with van der Waals surface area (Å²) in [4.78, 5) is 0.411. The van der Waals surface area contributed by atoms with E-state index in [1.165, 1.54) is 0 Å². The molecule has 1 aliphatic rings. The van der Waals surface area contributed by atoms with Crippen molar-refractivity contribution in [2.75, 3.05) is 13.1 Å². The maximum absolute atomic E-state index is 12.6. The average Bonchev–Trinajstić information content (AvgIpc) is 3.27. The van der Waals surface area contributed by atoms with Gasteiger partial charge in [-0.1, -0.05) is 19.1 Å². The van der Waals surface area contributed by atoms with Crippen LogP contribution in [0.2, 0.25) is 0 Å². The third kappa shape index (κ3) is 3.59. The lowest BCUT2D eigenvalue weighted by Gasteiger charge is -2.21. The molecule has 4 nitrogen and oxygen atoms in total. The average molecular weight is 296 g/mol. The minimum atomic E-state index is -3.33. The smallest absolute Gasteiger partial charge is 0.243 e. The second-order valence-electron chi connectivity index (χ2n) is 5.38. The summed E-state index contributed by atoms with van der Waals surface area (Å²) in [5.41, 5.74) is 6.63. The summed E-state index contributed by atoms with van der Waals surface area (Å²) in [6.45, 7) is 3.29. The summed E-state index contributed by atoms with van der Waals surface area (Å²) in [5.74, 6) is 0. The molecule has 1 fully saturated rings. The van der Waals surface area contributed by atoms with Gasteiger partial charge in [0.2, 0.25) is 10.0 Å². The van der Waals surface area contributed by atoms with Gasteiger partial charge in [-0.25, -0.2) is 8.42 Å². The molecule has 0 atom stereocenters. The quantitative estimate of drug-likeness (QED) is 0.799. The van der Waals surface area contributed by atoms with E-state index in [-0.39, 0.29) is 6.04 Å². The largest absolute Gasteiger partial charge is 0.330 e. The van der Waals surface area contributed by atoms with Gasteiger partial charge in [0.15, 0.2) is 0 Å². The Balaban J connectivity index is 2.15. The van der Waals surface area contributed by atoms with Crippen LogP contribution in [0.25, 0.3) is 0 Å². The van der Waals surface area contributed by atoms with E-state index in [1.807, 2.05) is 19.1 Å². The predicted molar refractivity (Wildman–Crippen MR) is 81.0 cm³/mol. The maximum atomic E-state index is 12.6. The van der Waals surface area contributed by atoms with E-state index in [1.54, 1.807) is 16.4 Å². The zero-order chi connectivity index (χ0) is 14.6. The van der Waals surface area contributed by atoms with Gasteiger partial charge in [0, 0.05) is 12.6 Å². The molecule has 1 aliphatic carbocycles. The van der Waals surface area contributed by atoms with Crippen molar-refractivity contribution in [1.82, 2.24) is 4.31 Å². The molecule has 0 aliphatic heterocycles. The van der Waals surface area contributed by atoms with E-state index in [2.05, 4.69) is 0 Å². The van der Waals surface area contributed by atoms with Crippen LogP contribution in [0.4, 0.5) is 0 Å². The second-order valence-corrected chi connectivity index (χ2v) is 7.27. The van der Waals surface area contributed by atoms with E-state index >= 15 is 0 Å². The van der Waals surface area contributed by atoms with Crippen LogP contribution in [0, 0.1) is 0 Å². The van der Waals surface area contributed by atoms with Crippen LogP contribution >= 0.6 is 0 Å². The number of nitrogens with zero attached hydrogens (tertiary/aromatic N) is 1. The minimum Gasteiger partial charge on any atom is -0.330 e. The molecule has 0 heterocycles. The Morgan fingerprint density at radius 3 is 2.40 bits per heavy atom. The standard InChI is InChI=1S/C15H24N2O2S/c1-2-12-17(14-7-8-14)20(18,19)15-9-5-13(6-10-15)4-3-11-16/h5-6,9-10,14H,2-4,7-8,11-12,16H2,1H3. The summed E-state index contributed by atoms with van der Waals surface area (Å²) in [6.07, 6.45) is 4.67. The highest BCUT2D eigenvalue weighted by molar-refractivity contribution is 7.89. The molecular weight excluding hydrogens is 272 g/mol. The first-order valence-corrected chi connectivity index (χ1v) is 8.84. The molecule has 0 amide bonds. The Labute approximate surface area is 122 Å². The molecule has 5 heteroatoms. The van der Waals surface area contributed by atoms with Gasteiger partial charge < -0.3 is 5.73 Å². The van der Waals surface area contributed by atoms with E-state index in [0.717, 1.165) is 37.7 Å². The predicted octanol–water partition coefficient (Wildman–Crippen LogP) is 2.14. The first-order chi connectivity index (χ1) is 9.59. The van der Waals surface area contributed by atoms with Crippen molar-refractivity contribution in [3.05, 3.63) is 29.8 Å². The van der Waals surface area contributed by atoms with Crippen LogP contribution in [0.15, 0.2) is 29.2 Å². The summed E-state index contributed by atoms with van der Waals surface area (Å²) in [5, 5.41) is 0. The molecule has 1 aromatic carbocycles. The van der Waals surface area contributed by atoms with Gasteiger partial charge in [-0.15, -0.1) is 0 Å². The van der Waals surface area contributed by atoms with Gasteiger partial charge in [0.05, 0.1) is 4.90 Å². The van der Waals surface area contributed by atoms with Gasteiger partial charge in [-0.3, -0.25) is 0 Å². The fourth-order valence-electron chi connectivity index (χ4n) is 2.35. The number of hydrogen-bond acceptors (Lipinski definition) is 3. The van der Waals surface area contributed by atoms with E-state index in [0.29, 0.717) is 18.0 Å². The molecule has 1 saturated carbocycles. The Morgan fingerprint density at radius 1 is 1.25 bits per heavy atom. The van der Waals surface area contributed by atoms with Gasteiger partial charge in [0.1, 0.15) is 0 Å². The van der Waals surface area contributed by atoms with Crippen molar-refractivity contribution in [2.45, 2.75) is 50.0 Å². The van der Waals surface area contributed by atoms with Gasteiger partial charge >= 0.3 is 0 Å². The van der Waals surface area contributed by atoms with Crippen molar-refractivity contribution in [1.29, 1.82) is 0 Å². The Kier molecular flexibility index (Phi) is 5.18.